The molecule has 0 N–H and O–H groups in total. The number of hydrogen-bond donors (Lipinski definition) is 0. The Morgan fingerprint density at radius 1 is 1.06 bits per heavy atom. The zero-order valence-corrected chi connectivity index (χ0v) is 17.2. The number of aryl methyl sites for hydroxylation is 2. The molecule has 1 fully saturated rings. The fourth-order valence-corrected chi connectivity index (χ4v) is 4.35. The van der Waals surface area contributed by atoms with E-state index in [2.05, 4.69) is 6.07 Å². The maximum absolute atomic E-state index is 12.8. The lowest BCUT2D eigenvalue weighted by Gasteiger charge is -2.14. The van der Waals surface area contributed by atoms with Gasteiger partial charge in [0.2, 0.25) is 0 Å². The Morgan fingerprint density at radius 3 is 2.74 bits per heavy atom. The standard InChI is InChI=1S/C25H24O6/c26-24-13-18(21-11-16-5-3-6-17(16)12-23(21)31-24)14-30-25(27)20-8-1-2-9-22(20)29-15-19-7-4-10-28-19/h1-2,8-9,11-13,19H,3-7,10,14-15H2. The van der Waals surface area contributed by atoms with E-state index in [9.17, 15) is 9.59 Å². The average Bonchev–Trinajstić information content (AvgIpc) is 3.46. The number of benzene rings is 2. The van der Waals surface area contributed by atoms with Crippen LogP contribution in [0, 0.1) is 0 Å². The molecule has 0 amide bonds. The van der Waals surface area contributed by atoms with Crippen molar-refractivity contribution in [1.82, 2.24) is 0 Å². The van der Waals surface area contributed by atoms with Crippen LogP contribution in [-0.2, 0) is 28.9 Å². The first kappa shape index (κ1) is 19.8. The van der Waals surface area contributed by atoms with E-state index in [0.29, 0.717) is 29.1 Å². The van der Waals surface area contributed by atoms with Crippen LogP contribution < -0.4 is 10.4 Å². The molecule has 0 saturated carbocycles. The first-order chi connectivity index (χ1) is 15.2. The fraction of sp³-hybridized carbons (Fsp3) is 0.360. The molecule has 1 aromatic heterocycles. The highest BCUT2D eigenvalue weighted by Gasteiger charge is 2.20. The van der Waals surface area contributed by atoms with E-state index < -0.39 is 11.6 Å². The molecule has 1 aliphatic carbocycles. The largest absolute Gasteiger partial charge is 0.490 e. The molecule has 0 spiro atoms. The molecular formula is C25H24O6. The summed E-state index contributed by atoms with van der Waals surface area (Å²) in [6.07, 6.45) is 5.15. The summed E-state index contributed by atoms with van der Waals surface area (Å²) in [4.78, 5) is 24.9. The van der Waals surface area contributed by atoms with Gasteiger partial charge in [-0.15, -0.1) is 0 Å². The molecule has 0 bridgehead atoms. The maximum Gasteiger partial charge on any atom is 0.342 e. The summed E-state index contributed by atoms with van der Waals surface area (Å²) in [6.45, 7) is 1.14. The van der Waals surface area contributed by atoms with Gasteiger partial charge < -0.3 is 18.6 Å². The molecule has 1 aliphatic heterocycles. The predicted molar refractivity (Wildman–Crippen MR) is 115 cm³/mol. The number of fused-ring (bicyclic) bond motifs is 2. The zero-order valence-electron chi connectivity index (χ0n) is 17.2. The maximum atomic E-state index is 12.8. The van der Waals surface area contributed by atoms with Gasteiger partial charge in [0.1, 0.15) is 30.1 Å². The van der Waals surface area contributed by atoms with Gasteiger partial charge in [-0.05, 0) is 67.5 Å². The average molecular weight is 420 g/mol. The van der Waals surface area contributed by atoms with Crippen LogP contribution in [0.2, 0.25) is 0 Å². The van der Waals surface area contributed by atoms with Crippen molar-refractivity contribution in [3.63, 3.8) is 0 Å². The molecule has 2 aliphatic rings. The van der Waals surface area contributed by atoms with Gasteiger partial charge in [-0.25, -0.2) is 9.59 Å². The third-order valence-corrected chi connectivity index (χ3v) is 5.96. The van der Waals surface area contributed by atoms with Gasteiger partial charge in [0.05, 0.1) is 6.10 Å². The molecule has 1 saturated heterocycles. The lowest BCUT2D eigenvalue weighted by atomic mass is 10.0. The number of rotatable bonds is 6. The van der Waals surface area contributed by atoms with Gasteiger partial charge in [0, 0.05) is 23.6 Å². The van der Waals surface area contributed by atoms with Crippen molar-refractivity contribution in [1.29, 1.82) is 0 Å². The van der Waals surface area contributed by atoms with Crippen LogP contribution in [0.5, 0.6) is 5.75 Å². The van der Waals surface area contributed by atoms with Crippen LogP contribution >= 0.6 is 0 Å². The van der Waals surface area contributed by atoms with Crippen molar-refractivity contribution in [2.24, 2.45) is 0 Å². The van der Waals surface area contributed by atoms with Crippen LogP contribution in [0.3, 0.4) is 0 Å². The minimum Gasteiger partial charge on any atom is -0.490 e. The second-order valence-corrected chi connectivity index (χ2v) is 8.08. The Bertz CT molecular complexity index is 1170. The summed E-state index contributed by atoms with van der Waals surface area (Å²) in [5.74, 6) is -0.0243. The molecule has 0 radical (unpaired) electrons. The Kier molecular flexibility index (Phi) is 5.47. The monoisotopic (exact) mass is 420 g/mol. The molecule has 31 heavy (non-hydrogen) atoms. The van der Waals surface area contributed by atoms with Crippen molar-refractivity contribution >= 4 is 16.9 Å². The highest BCUT2D eigenvalue weighted by atomic mass is 16.5. The van der Waals surface area contributed by atoms with Crippen LogP contribution in [-0.4, -0.2) is 25.3 Å². The Balaban J connectivity index is 1.34. The number of carbonyl (C=O) groups is 1. The Hall–Kier alpha value is -3.12. The Labute approximate surface area is 179 Å². The second kappa shape index (κ2) is 8.55. The molecule has 6 heteroatoms. The van der Waals surface area contributed by atoms with Crippen molar-refractivity contribution in [3.05, 3.63) is 75.1 Å². The summed E-state index contributed by atoms with van der Waals surface area (Å²) in [5.41, 5.74) is 3.58. The smallest absolute Gasteiger partial charge is 0.342 e. The molecule has 2 aromatic carbocycles. The lowest BCUT2D eigenvalue weighted by molar-refractivity contribution is 0.0455. The number of para-hydroxylation sites is 1. The van der Waals surface area contributed by atoms with Crippen LogP contribution in [0.15, 0.2) is 51.7 Å². The van der Waals surface area contributed by atoms with E-state index in [1.54, 1.807) is 18.2 Å². The SMILES string of the molecule is O=C(OCc1cc(=O)oc2cc3c(cc12)CCC3)c1ccccc1OCC1CCCO1. The van der Waals surface area contributed by atoms with Gasteiger partial charge in [-0.3, -0.25) is 0 Å². The predicted octanol–water partition coefficient (Wildman–Crippen LogP) is 4.20. The van der Waals surface area contributed by atoms with E-state index in [-0.39, 0.29) is 12.7 Å². The van der Waals surface area contributed by atoms with Gasteiger partial charge in [0.25, 0.3) is 0 Å². The number of ether oxygens (including phenoxy) is 3. The van der Waals surface area contributed by atoms with Crippen LogP contribution in [0.1, 0.15) is 46.3 Å². The summed E-state index contributed by atoms with van der Waals surface area (Å²) in [6, 6.07) is 12.4. The highest BCUT2D eigenvalue weighted by molar-refractivity contribution is 5.92. The first-order valence-electron chi connectivity index (χ1n) is 10.8. The lowest BCUT2D eigenvalue weighted by Crippen LogP contribution is -2.18. The van der Waals surface area contributed by atoms with E-state index in [0.717, 1.165) is 44.1 Å². The zero-order chi connectivity index (χ0) is 21.2. The third-order valence-electron chi connectivity index (χ3n) is 5.96. The second-order valence-electron chi connectivity index (χ2n) is 8.08. The van der Waals surface area contributed by atoms with Crippen molar-refractivity contribution < 1.29 is 23.4 Å². The topological polar surface area (TPSA) is 75.0 Å². The van der Waals surface area contributed by atoms with Crippen LogP contribution in [0.4, 0.5) is 0 Å². The fourth-order valence-electron chi connectivity index (χ4n) is 4.35. The summed E-state index contributed by atoms with van der Waals surface area (Å²) in [7, 11) is 0. The minimum absolute atomic E-state index is 0.0141. The molecule has 3 aromatic rings. The summed E-state index contributed by atoms with van der Waals surface area (Å²) in [5, 5.41) is 0.816. The summed E-state index contributed by atoms with van der Waals surface area (Å²) < 4.78 is 22.4. The summed E-state index contributed by atoms with van der Waals surface area (Å²) >= 11 is 0. The number of carbonyl (C=O) groups excluding carboxylic acids is 1. The van der Waals surface area contributed by atoms with Crippen molar-refractivity contribution in [2.75, 3.05) is 13.2 Å². The third kappa shape index (κ3) is 4.21. The minimum atomic E-state index is -0.495. The van der Waals surface area contributed by atoms with E-state index in [4.69, 9.17) is 18.6 Å². The normalized spacial score (nSPS) is 17.6. The van der Waals surface area contributed by atoms with Gasteiger partial charge >= 0.3 is 11.6 Å². The van der Waals surface area contributed by atoms with Gasteiger partial charge in [0.15, 0.2) is 0 Å². The van der Waals surface area contributed by atoms with Gasteiger partial charge in [-0.2, -0.15) is 0 Å². The quantitative estimate of drug-likeness (QED) is 0.440. The molecule has 1 unspecified atom stereocenters. The highest BCUT2D eigenvalue weighted by Crippen LogP contribution is 2.29. The number of esters is 1. The Morgan fingerprint density at radius 2 is 1.90 bits per heavy atom. The van der Waals surface area contributed by atoms with Crippen molar-refractivity contribution in [3.8, 4) is 5.75 Å². The van der Waals surface area contributed by atoms with Crippen molar-refractivity contribution in [2.45, 2.75) is 44.8 Å². The van der Waals surface area contributed by atoms with Gasteiger partial charge in [-0.1, -0.05) is 12.1 Å². The molecular weight excluding hydrogens is 396 g/mol. The molecule has 5 rings (SSSR count). The van der Waals surface area contributed by atoms with E-state index >= 15 is 0 Å². The molecule has 2 heterocycles. The number of hydrogen-bond acceptors (Lipinski definition) is 6. The molecule has 160 valence electrons. The first-order valence-corrected chi connectivity index (χ1v) is 10.8. The van der Waals surface area contributed by atoms with E-state index in [1.165, 1.54) is 17.2 Å². The molecule has 6 nitrogen and oxygen atoms in total. The van der Waals surface area contributed by atoms with E-state index in [1.807, 2.05) is 12.1 Å². The molecule has 1 atom stereocenters. The van der Waals surface area contributed by atoms with Crippen LogP contribution in [0.25, 0.3) is 11.0 Å².